The van der Waals surface area contributed by atoms with Crippen molar-refractivity contribution >= 4 is 44.5 Å². The van der Waals surface area contributed by atoms with Gasteiger partial charge in [-0.25, -0.2) is 14.3 Å². The van der Waals surface area contributed by atoms with Crippen molar-refractivity contribution in [2.24, 2.45) is 0 Å². The average Bonchev–Trinajstić information content (AvgIpc) is 2.92. The van der Waals surface area contributed by atoms with Crippen molar-refractivity contribution in [2.45, 2.75) is 45.4 Å². The molecule has 0 aromatic carbocycles. The van der Waals surface area contributed by atoms with Crippen LogP contribution in [0.4, 0.5) is 9.59 Å². The van der Waals surface area contributed by atoms with Gasteiger partial charge in [0.1, 0.15) is 11.9 Å². The number of hydrogen-bond donors (Lipinski definition) is 2. The number of nitrogens with zero attached hydrogens (tertiary/aromatic N) is 3. The van der Waals surface area contributed by atoms with E-state index in [4.69, 9.17) is 4.74 Å². The Balaban J connectivity index is 2.12. The van der Waals surface area contributed by atoms with Crippen LogP contribution in [0.5, 0.6) is 0 Å². The van der Waals surface area contributed by atoms with Gasteiger partial charge in [0.25, 0.3) is 3.91 Å². The van der Waals surface area contributed by atoms with Crippen molar-refractivity contribution < 1.29 is 19.1 Å². The number of imidazole rings is 1. The number of nitrogens with one attached hydrogen (secondary N) is 2. The number of ether oxygens (including phenoxy) is 1. The first-order chi connectivity index (χ1) is 12.2. The summed E-state index contributed by atoms with van der Waals surface area (Å²) in [4.78, 5) is 38.2. The first-order valence-corrected chi connectivity index (χ1v) is 8.96. The van der Waals surface area contributed by atoms with Gasteiger partial charge in [-0.15, -0.1) is 0 Å². The monoisotopic (exact) mass is 473 g/mol. The smallest absolute Gasteiger partial charge is 0.407 e. The molecule has 0 fully saturated rings. The van der Waals surface area contributed by atoms with E-state index in [1.807, 2.05) is 0 Å². The summed E-state index contributed by atoms with van der Waals surface area (Å²) >= 11 is 1.61. The molecule has 2 aromatic rings. The van der Waals surface area contributed by atoms with Gasteiger partial charge in [0.15, 0.2) is 5.65 Å². The SMILES string of the molecule is CC(C)(C)OC(=O)NCc1cn2ncc([C@@H](CC=O)NC(=O)I)cc2n1. The molecule has 0 aliphatic heterocycles. The highest BCUT2D eigenvalue weighted by Gasteiger charge is 2.17. The minimum absolute atomic E-state index is 0.139. The van der Waals surface area contributed by atoms with Gasteiger partial charge in [-0.05, 0) is 32.4 Å². The van der Waals surface area contributed by atoms with Gasteiger partial charge in [-0.2, -0.15) is 5.10 Å². The van der Waals surface area contributed by atoms with Crippen molar-refractivity contribution in [3.63, 3.8) is 0 Å². The lowest BCUT2D eigenvalue weighted by molar-refractivity contribution is -0.108. The normalized spacial score (nSPS) is 12.5. The van der Waals surface area contributed by atoms with E-state index >= 15 is 0 Å². The predicted molar refractivity (Wildman–Crippen MR) is 102 cm³/mol. The number of alkyl carbamates (subject to hydrolysis) is 1. The molecule has 10 heteroatoms. The molecule has 0 spiro atoms. The van der Waals surface area contributed by atoms with Gasteiger partial charge in [0.05, 0.1) is 30.7 Å². The lowest BCUT2D eigenvalue weighted by atomic mass is 10.1. The molecule has 2 amide bonds. The summed E-state index contributed by atoms with van der Waals surface area (Å²) in [6.45, 7) is 5.55. The van der Waals surface area contributed by atoms with Crippen molar-refractivity contribution in [1.29, 1.82) is 0 Å². The summed E-state index contributed by atoms with van der Waals surface area (Å²) in [5.74, 6) is 0. The summed E-state index contributed by atoms with van der Waals surface area (Å²) in [7, 11) is 0. The van der Waals surface area contributed by atoms with E-state index in [0.29, 0.717) is 16.9 Å². The Bertz CT molecular complexity index is 815. The molecule has 0 radical (unpaired) electrons. The maximum atomic E-state index is 11.7. The highest BCUT2D eigenvalue weighted by Crippen LogP contribution is 2.17. The fourth-order valence-corrected chi connectivity index (χ4v) is 2.58. The van der Waals surface area contributed by atoms with E-state index in [0.717, 1.165) is 6.29 Å². The first kappa shape index (κ1) is 20.1. The van der Waals surface area contributed by atoms with Crippen LogP contribution in [0.25, 0.3) is 5.65 Å². The zero-order valence-electron chi connectivity index (χ0n) is 14.7. The Morgan fingerprint density at radius 3 is 2.77 bits per heavy atom. The Morgan fingerprint density at radius 2 is 2.15 bits per heavy atom. The topological polar surface area (TPSA) is 115 Å². The molecule has 1 atom stereocenters. The van der Waals surface area contributed by atoms with E-state index in [9.17, 15) is 14.4 Å². The minimum atomic E-state index is -0.573. The Morgan fingerprint density at radius 1 is 1.42 bits per heavy atom. The average molecular weight is 473 g/mol. The minimum Gasteiger partial charge on any atom is -0.444 e. The quantitative estimate of drug-likeness (QED) is 0.289. The van der Waals surface area contributed by atoms with E-state index in [1.165, 1.54) is 0 Å². The van der Waals surface area contributed by atoms with Gasteiger partial charge in [0.2, 0.25) is 0 Å². The summed E-state index contributed by atoms with van der Waals surface area (Å²) < 4.78 is 6.46. The number of amides is 2. The Kier molecular flexibility index (Phi) is 6.51. The van der Waals surface area contributed by atoms with Crippen LogP contribution >= 0.6 is 22.6 Å². The number of carbonyl (C=O) groups is 3. The molecular formula is C16H20IN5O4. The van der Waals surface area contributed by atoms with E-state index in [2.05, 4.69) is 20.7 Å². The van der Waals surface area contributed by atoms with Gasteiger partial charge in [0, 0.05) is 29.0 Å². The summed E-state index contributed by atoms with van der Waals surface area (Å²) in [6.07, 6.45) is 3.60. The number of hydrogen-bond acceptors (Lipinski definition) is 6. The van der Waals surface area contributed by atoms with Gasteiger partial charge in [-0.3, -0.25) is 4.79 Å². The zero-order valence-corrected chi connectivity index (χ0v) is 16.8. The van der Waals surface area contributed by atoms with Gasteiger partial charge >= 0.3 is 6.09 Å². The molecule has 0 saturated heterocycles. The molecule has 2 rings (SSSR count). The fourth-order valence-electron chi connectivity index (χ4n) is 2.20. The second kappa shape index (κ2) is 8.43. The molecule has 0 unspecified atom stereocenters. The lowest BCUT2D eigenvalue weighted by Gasteiger charge is -2.19. The molecule has 0 aliphatic rings. The summed E-state index contributed by atoms with van der Waals surface area (Å²) in [6, 6.07) is 1.28. The number of aldehydes is 1. The van der Waals surface area contributed by atoms with Crippen molar-refractivity contribution in [3.05, 3.63) is 29.7 Å². The van der Waals surface area contributed by atoms with E-state index in [1.54, 1.807) is 66.3 Å². The summed E-state index contributed by atoms with van der Waals surface area (Å²) in [5.41, 5.74) is 1.25. The molecule has 0 aliphatic carbocycles. The fraction of sp³-hybridized carbons (Fsp3) is 0.438. The van der Waals surface area contributed by atoms with Crippen LogP contribution < -0.4 is 10.6 Å². The van der Waals surface area contributed by atoms with Crippen LogP contribution in [0.1, 0.15) is 44.5 Å². The van der Waals surface area contributed by atoms with Crippen molar-refractivity contribution in [2.75, 3.05) is 0 Å². The molecule has 2 N–H and O–H groups in total. The van der Waals surface area contributed by atoms with Crippen LogP contribution in [-0.2, 0) is 16.1 Å². The zero-order chi connectivity index (χ0) is 19.3. The molecule has 9 nitrogen and oxygen atoms in total. The Labute approximate surface area is 164 Å². The lowest BCUT2D eigenvalue weighted by Crippen LogP contribution is -2.32. The largest absolute Gasteiger partial charge is 0.444 e. The third-order valence-electron chi connectivity index (χ3n) is 3.23. The third-order valence-corrected chi connectivity index (χ3v) is 3.54. The number of aromatic nitrogens is 3. The van der Waals surface area contributed by atoms with Crippen molar-refractivity contribution in [1.82, 2.24) is 25.2 Å². The highest BCUT2D eigenvalue weighted by molar-refractivity contribution is 14.1. The summed E-state index contributed by atoms with van der Waals surface area (Å²) in [5, 5.41) is 9.57. The first-order valence-electron chi connectivity index (χ1n) is 7.88. The maximum absolute atomic E-state index is 11.7. The molecule has 0 bridgehead atoms. The van der Waals surface area contributed by atoms with E-state index < -0.39 is 17.7 Å². The molecule has 0 saturated carbocycles. The molecule has 26 heavy (non-hydrogen) atoms. The number of carbonyl (C=O) groups excluding carboxylic acids is 3. The number of halogens is 1. The van der Waals surface area contributed by atoms with Gasteiger partial charge < -0.3 is 20.2 Å². The van der Waals surface area contributed by atoms with Crippen LogP contribution in [0.3, 0.4) is 0 Å². The molecular weight excluding hydrogens is 453 g/mol. The predicted octanol–water partition coefficient (Wildman–Crippen LogP) is 2.53. The number of fused-ring (bicyclic) bond motifs is 1. The van der Waals surface area contributed by atoms with Crippen LogP contribution in [0.15, 0.2) is 18.5 Å². The van der Waals surface area contributed by atoms with Gasteiger partial charge in [-0.1, -0.05) is 0 Å². The molecule has 2 aromatic heterocycles. The third kappa shape index (κ3) is 5.93. The van der Waals surface area contributed by atoms with Crippen LogP contribution in [-0.4, -0.2) is 36.5 Å². The second-order valence-electron chi connectivity index (χ2n) is 6.55. The second-order valence-corrected chi connectivity index (χ2v) is 7.53. The van der Waals surface area contributed by atoms with Crippen LogP contribution in [0, 0.1) is 0 Å². The number of rotatable bonds is 6. The molecule has 2 heterocycles. The highest BCUT2D eigenvalue weighted by atomic mass is 127. The van der Waals surface area contributed by atoms with E-state index in [-0.39, 0.29) is 16.9 Å². The van der Waals surface area contributed by atoms with Crippen molar-refractivity contribution in [3.8, 4) is 0 Å². The molecule has 140 valence electrons. The standard InChI is InChI=1S/C16H20IN5O4/c1-16(2,3)26-15(25)18-8-11-9-22-13(20-11)6-10(7-19-22)12(4-5-23)21-14(17)24/h5-7,9,12H,4,8H2,1-3H3,(H,18,25)(H,21,24)/t12-/m1/s1. The van der Waals surface area contributed by atoms with Crippen LogP contribution in [0.2, 0.25) is 0 Å². The maximum Gasteiger partial charge on any atom is 0.407 e. The Hall–Kier alpha value is -2.24.